The molecule has 0 unspecified atom stereocenters. The van der Waals surface area contributed by atoms with Gasteiger partial charge in [-0.25, -0.2) is 4.98 Å². The average molecular weight is 400 g/mol. The summed E-state index contributed by atoms with van der Waals surface area (Å²) in [6.45, 7) is 0. The van der Waals surface area contributed by atoms with Crippen molar-refractivity contribution in [3.63, 3.8) is 0 Å². The molecular weight excluding hydrogens is 382 g/mol. The highest BCUT2D eigenvalue weighted by molar-refractivity contribution is 9.10. The van der Waals surface area contributed by atoms with Gasteiger partial charge in [-0.1, -0.05) is 22.0 Å². The molecule has 1 aliphatic carbocycles. The molecular formula is C19H18BrN3O2. The lowest BCUT2D eigenvalue weighted by Crippen LogP contribution is -2.39. The molecule has 1 amide bonds. The number of carbonyl (C=O) groups is 1. The number of hydrogen-bond acceptors (Lipinski definition) is 4. The summed E-state index contributed by atoms with van der Waals surface area (Å²) >= 11 is 3.38. The lowest BCUT2D eigenvalue weighted by atomic mass is 9.92. The van der Waals surface area contributed by atoms with Crippen LogP contribution in [0.3, 0.4) is 0 Å². The van der Waals surface area contributed by atoms with E-state index >= 15 is 0 Å². The van der Waals surface area contributed by atoms with Crippen molar-refractivity contribution in [2.24, 2.45) is 0 Å². The average Bonchev–Trinajstić information content (AvgIpc) is 2.64. The van der Waals surface area contributed by atoms with E-state index in [0.29, 0.717) is 17.0 Å². The normalized spacial score (nSPS) is 19.7. The minimum Gasteiger partial charge on any atom is -0.474 e. The van der Waals surface area contributed by atoms with Gasteiger partial charge < -0.3 is 10.1 Å². The smallest absolute Gasteiger partial charge is 0.251 e. The van der Waals surface area contributed by atoms with E-state index in [0.717, 1.165) is 30.2 Å². The Labute approximate surface area is 155 Å². The van der Waals surface area contributed by atoms with Crippen LogP contribution in [0.2, 0.25) is 0 Å². The first kappa shape index (κ1) is 17.4. The van der Waals surface area contributed by atoms with E-state index in [9.17, 15) is 4.79 Å². The molecule has 25 heavy (non-hydrogen) atoms. The molecule has 1 aromatic heterocycles. The van der Waals surface area contributed by atoms with E-state index in [1.807, 2.05) is 30.3 Å². The second kappa shape index (κ2) is 8.13. The van der Waals surface area contributed by atoms with Crippen LogP contribution < -0.4 is 10.1 Å². The monoisotopic (exact) mass is 399 g/mol. The fourth-order valence-electron chi connectivity index (χ4n) is 2.91. The van der Waals surface area contributed by atoms with Crippen LogP contribution in [0.25, 0.3) is 0 Å². The van der Waals surface area contributed by atoms with E-state index in [-0.39, 0.29) is 18.1 Å². The molecule has 1 N–H and O–H groups in total. The fraction of sp³-hybridized carbons (Fsp3) is 0.316. The number of nitrogens with one attached hydrogen (secondary N) is 1. The molecule has 0 spiro atoms. The third-order valence-corrected chi connectivity index (χ3v) is 4.74. The molecule has 2 aromatic rings. The Morgan fingerprint density at radius 2 is 2.04 bits per heavy atom. The molecule has 6 heteroatoms. The third kappa shape index (κ3) is 4.80. The highest BCUT2D eigenvalue weighted by atomic mass is 79.9. The summed E-state index contributed by atoms with van der Waals surface area (Å²) in [5, 5.41) is 11.9. The SMILES string of the molecule is N#Cc1ccc(OC2CCC(NC(=O)c3cccc(Br)c3)CC2)nc1. The molecule has 1 heterocycles. The van der Waals surface area contributed by atoms with Gasteiger partial charge >= 0.3 is 0 Å². The molecule has 0 aliphatic heterocycles. The Balaban J connectivity index is 1.48. The zero-order chi connectivity index (χ0) is 17.6. The number of ether oxygens (including phenoxy) is 1. The van der Waals surface area contributed by atoms with Crippen molar-refractivity contribution in [3.8, 4) is 11.9 Å². The Hall–Kier alpha value is -2.39. The molecule has 0 radical (unpaired) electrons. The van der Waals surface area contributed by atoms with Gasteiger partial charge in [0.2, 0.25) is 5.88 Å². The second-order valence-corrected chi connectivity index (χ2v) is 6.99. The van der Waals surface area contributed by atoms with Crippen molar-refractivity contribution in [1.29, 1.82) is 5.26 Å². The highest BCUT2D eigenvalue weighted by Gasteiger charge is 2.24. The van der Waals surface area contributed by atoms with Crippen LogP contribution in [0.5, 0.6) is 5.88 Å². The number of amides is 1. The van der Waals surface area contributed by atoms with E-state index in [1.54, 1.807) is 12.1 Å². The van der Waals surface area contributed by atoms with E-state index < -0.39 is 0 Å². The maximum atomic E-state index is 12.3. The van der Waals surface area contributed by atoms with Gasteiger partial charge in [-0.3, -0.25) is 4.79 Å². The molecule has 128 valence electrons. The van der Waals surface area contributed by atoms with Crippen LogP contribution in [0.4, 0.5) is 0 Å². The van der Waals surface area contributed by atoms with Gasteiger partial charge in [-0.2, -0.15) is 5.26 Å². The fourth-order valence-corrected chi connectivity index (χ4v) is 3.31. The number of nitriles is 1. The van der Waals surface area contributed by atoms with Gasteiger partial charge in [-0.15, -0.1) is 0 Å². The van der Waals surface area contributed by atoms with Gasteiger partial charge in [0, 0.05) is 28.3 Å². The lowest BCUT2D eigenvalue weighted by Gasteiger charge is -2.29. The van der Waals surface area contributed by atoms with E-state index in [1.165, 1.54) is 6.20 Å². The predicted octanol–water partition coefficient (Wildman–Crippen LogP) is 3.84. The summed E-state index contributed by atoms with van der Waals surface area (Å²) in [7, 11) is 0. The number of carbonyl (C=O) groups excluding carboxylic acids is 1. The van der Waals surface area contributed by atoms with E-state index in [4.69, 9.17) is 10.00 Å². The van der Waals surface area contributed by atoms with Gasteiger partial charge in [0.05, 0.1) is 5.56 Å². The number of nitrogens with zero attached hydrogens (tertiary/aromatic N) is 2. The van der Waals surface area contributed by atoms with Gasteiger partial charge in [0.1, 0.15) is 12.2 Å². The highest BCUT2D eigenvalue weighted by Crippen LogP contribution is 2.23. The molecule has 0 saturated heterocycles. The number of aromatic nitrogens is 1. The first-order chi connectivity index (χ1) is 12.1. The van der Waals surface area contributed by atoms with Crippen molar-refractivity contribution in [3.05, 3.63) is 58.2 Å². The first-order valence-corrected chi connectivity index (χ1v) is 9.02. The van der Waals surface area contributed by atoms with Crippen molar-refractivity contribution in [2.45, 2.75) is 37.8 Å². The van der Waals surface area contributed by atoms with Crippen molar-refractivity contribution in [1.82, 2.24) is 10.3 Å². The summed E-state index contributed by atoms with van der Waals surface area (Å²) in [4.78, 5) is 16.4. The Bertz CT molecular complexity index is 778. The topological polar surface area (TPSA) is 75.0 Å². The molecule has 1 fully saturated rings. The molecule has 1 aromatic carbocycles. The van der Waals surface area contributed by atoms with Crippen LogP contribution in [-0.2, 0) is 0 Å². The van der Waals surface area contributed by atoms with Gasteiger partial charge in [0.15, 0.2) is 0 Å². The van der Waals surface area contributed by atoms with Crippen LogP contribution in [0, 0.1) is 11.3 Å². The summed E-state index contributed by atoms with van der Waals surface area (Å²) in [6.07, 6.45) is 5.09. The van der Waals surface area contributed by atoms with Crippen LogP contribution in [0.1, 0.15) is 41.6 Å². The Kier molecular flexibility index (Phi) is 5.67. The summed E-state index contributed by atoms with van der Waals surface area (Å²) in [6, 6.07) is 13.0. The van der Waals surface area contributed by atoms with Crippen molar-refractivity contribution < 1.29 is 9.53 Å². The Morgan fingerprint density at radius 3 is 2.68 bits per heavy atom. The molecule has 5 nitrogen and oxygen atoms in total. The van der Waals surface area contributed by atoms with Crippen LogP contribution in [-0.4, -0.2) is 23.0 Å². The molecule has 3 rings (SSSR count). The van der Waals surface area contributed by atoms with E-state index in [2.05, 4.69) is 26.2 Å². The van der Waals surface area contributed by atoms with Crippen molar-refractivity contribution >= 4 is 21.8 Å². The minimum absolute atomic E-state index is 0.0422. The maximum absolute atomic E-state index is 12.3. The van der Waals surface area contributed by atoms with Gasteiger partial charge in [-0.05, 0) is 49.9 Å². The molecule has 1 aliphatic rings. The molecule has 0 bridgehead atoms. The lowest BCUT2D eigenvalue weighted by molar-refractivity contribution is 0.0890. The number of halogens is 1. The molecule has 0 atom stereocenters. The summed E-state index contributed by atoms with van der Waals surface area (Å²) in [5.74, 6) is 0.500. The summed E-state index contributed by atoms with van der Waals surface area (Å²) < 4.78 is 6.76. The van der Waals surface area contributed by atoms with Gasteiger partial charge in [0.25, 0.3) is 5.91 Å². The maximum Gasteiger partial charge on any atom is 0.251 e. The van der Waals surface area contributed by atoms with Crippen LogP contribution in [0.15, 0.2) is 47.1 Å². The second-order valence-electron chi connectivity index (χ2n) is 6.07. The zero-order valence-electron chi connectivity index (χ0n) is 13.6. The third-order valence-electron chi connectivity index (χ3n) is 4.25. The quantitative estimate of drug-likeness (QED) is 0.847. The zero-order valence-corrected chi connectivity index (χ0v) is 15.2. The number of benzene rings is 1. The number of rotatable bonds is 4. The standard InChI is InChI=1S/C19H18BrN3O2/c20-15-3-1-2-14(10-15)19(24)23-16-5-7-17(8-6-16)25-18-9-4-13(11-21)12-22-18/h1-4,9-10,12,16-17H,5-8H2,(H,23,24). The largest absolute Gasteiger partial charge is 0.474 e. The predicted molar refractivity (Wildman–Crippen MR) is 97.2 cm³/mol. The van der Waals surface area contributed by atoms with Crippen LogP contribution >= 0.6 is 15.9 Å². The minimum atomic E-state index is -0.0422. The number of hydrogen-bond donors (Lipinski definition) is 1. The Morgan fingerprint density at radius 1 is 1.24 bits per heavy atom. The molecule has 1 saturated carbocycles. The number of pyridine rings is 1. The van der Waals surface area contributed by atoms with Crippen molar-refractivity contribution in [2.75, 3.05) is 0 Å². The summed E-state index contributed by atoms with van der Waals surface area (Å²) in [5.41, 5.74) is 1.18. The first-order valence-electron chi connectivity index (χ1n) is 8.23.